The van der Waals surface area contributed by atoms with Gasteiger partial charge in [-0.1, -0.05) is 24.3 Å². The molecule has 1 aliphatic carbocycles. The summed E-state index contributed by atoms with van der Waals surface area (Å²) in [6.45, 7) is 1.29. The second kappa shape index (κ2) is 10.7. The number of ether oxygens (including phenoxy) is 1. The maximum absolute atomic E-state index is 12.5. The van der Waals surface area contributed by atoms with Crippen molar-refractivity contribution in [2.75, 3.05) is 0 Å². The van der Waals surface area contributed by atoms with Crippen LogP contribution in [-0.2, 0) is 33.6 Å². The number of carbonyl (C=O) groups is 4. The number of nitrogens with one attached hydrogen (secondary N) is 1. The summed E-state index contributed by atoms with van der Waals surface area (Å²) in [4.78, 5) is 47.4. The number of fused-ring (bicyclic) bond motifs is 1. The van der Waals surface area contributed by atoms with Gasteiger partial charge in [0.25, 0.3) is 0 Å². The zero-order chi connectivity index (χ0) is 23.1. The highest BCUT2D eigenvalue weighted by Gasteiger charge is 2.21. The van der Waals surface area contributed by atoms with Gasteiger partial charge >= 0.3 is 11.9 Å². The molecule has 0 bridgehead atoms. The highest BCUT2D eigenvalue weighted by Crippen LogP contribution is 2.23. The minimum absolute atomic E-state index is 0.0219. The first-order valence-corrected chi connectivity index (χ1v) is 10.8. The van der Waals surface area contributed by atoms with Crippen molar-refractivity contribution in [1.29, 1.82) is 0 Å². The molecule has 1 atom stereocenters. The molecule has 1 amide bonds. The molecule has 2 N–H and O–H groups in total. The van der Waals surface area contributed by atoms with Crippen LogP contribution in [0.25, 0.3) is 0 Å². The van der Waals surface area contributed by atoms with Gasteiger partial charge in [0.05, 0.1) is 0 Å². The van der Waals surface area contributed by atoms with Crippen molar-refractivity contribution in [1.82, 2.24) is 5.32 Å². The molecule has 0 radical (unpaired) electrons. The lowest BCUT2D eigenvalue weighted by Gasteiger charge is -2.16. The first-order valence-electron chi connectivity index (χ1n) is 10.8. The molecule has 0 heterocycles. The van der Waals surface area contributed by atoms with Crippen molar-refractivity contribution < 1.29 is 29.0 Å². The van der Waals surface area contributed by atoms with Crippen LogP contribution in [0.3, 0.4) is 0 Å². The molecule has 7 nitrogen and oxygen atoms in total. The molecule has 1 unspecified atom stereocenters. The largest absolute Gasteiger partial charge is 0.480 e. The Hall–Kier alpha value is -3.48. The maximum atomic E-state index is 12.5. The van der Waals surface area contributed by atoms with E-state index in [1.165, 1.54) is 24.5 Å². The number of esters is 1. The number of rotatable bonds is 9. The molecule has 168 valence electrons. The minimum atomic E-state index is -1.16. The van der Waals surface area contributed by atoms with Gasteiger partial charge in [-0.05, 0) is 60.6 Å². The summed E-state index contributed by atoms with van der Waals surface area (Å²) in [6.07, 6.45) is 4.31. The van der Waals surface area contributed by atoms with Gasteiger partial charge in [0.2, 0.25) is 5.91 Å². The van der Waals surface area contributed by atoms with Crippen LogP contribution in [0.5, 0.6) is 5.75 Å². The van der Waals surface area contributed by atoms with E-state index in [4.69, 9.17) is 4.74 Å². The summed E-state index contributed by atoms with van der Waals surface area (Å²) in [5.74, 6) is -1.86. The second-order valence-electron chi connectivity index (χ2n) is 8.01. The normalized spacial score (nSPS) is 13.5. The highest BCUT2D eigenvalue weighted by atomic mass is 16.5. The van der Waals surface area contributed by atoms with Crippen molar-refractivity contribution in [2.45, 2.75) is 57.9 Å². The SMILES string of the molecule is CC(=O)Oc1ccc(CC(NC(=O)CCC(=O)c2ccc3c(c2)CCCC3)C(=O)O)cc1. The predicted molar refractivity (Wildman–Crippen MR) is 118 cm³/mol. The quantitative estimate of drug-likeness (QED) is 0.354. The first-order chi connectivity index (χ1) is 15.3. The molecule has 7 heteroatoms. The summed E-state index contributed by atoms with van der Waals surface area (Å²) in [5, 5.41) is 12.0. The lowest BCUT2D eigenvalue weighted by molar-refractivity contribution is -0.141. The van der Waals surface area contributed by atoms with Crippen LogP contribution in [0.1, 0.15) is 59.7 Å². The molecular weight excluding hydrogens is 410 g/mol. The van der Waals surface area contributed by atoms with E-state index in [1.807, 2.05) is 18.2 Å². The highest BCUT2D eigenvalue weighted by molar-refractivity contribution is 5.98. The Morgan fingerprint density at radius 2 is 1.66 bits per heavy atom. The molecule has 3 rings (SSSR count). The fourth-order valence-electron chi connectivity index (χ4n) is 3.84. The second-order valence-corrected chi connectivity index (χ2v) is 8.01. The van der Waals surface area contributed by atoms with E-state index in [1.54, 1.807) is 24.3 Å². The number of aryl methyl sites for hydroxylation is 2. The molecule has 0 spiro atoms. The standard InChI is InChI=1S/C25H27NO6/c1-16(27)32-21-10-6-17(7-11-21)14-22(25(30)31)26-24(29)13-12-23(28)20-9-8-18-4-2-3-5-19(18)15-20/h6-11,15,22H,2-5,12-14H2,1H3,(H,26,29)(H,30,31). The number of carboxylic acids is 1. The lowest BCUT2D eigenvalue weighted by atomic mass is 9.89. The zero-order valence-electron chi connectivity index (χ0n) is 18.1. The summed E-state index contributed by atoms with van der Waals surface area (Å²) >= 11 is 0. The van der Waals surface area contributed by atoms with E-state index in [2.05, 4.69) is 5.32 Å². The molecule has 2 aromatic rings. The Balaban J connectivity index is 1.53. The third-order valence-electron chi connectivity index (χ3n) is 5.51. The number of Topliss-reactive ketones (excluding diaryl/α,β-unsaturated/α-hetero) is 1. The molecule has 0 aliphatic heterocycles. The average Bonchev–Trinajstić information content (AvgIpc) is 2.77. The van der Waals surface area contributed by atoms with Crippen molar-refractivity contribution in [3.8, 4) is 5.75 Å². The molecular formula is C25H27NO6. The van der Waals surface area contributed by atoms with Gasteiger partial charge in [-0.3, -0.25) is 14.4 Å². The van der Waals surface area contributed by atoms with Crippen LogP contribution < -0.4 is 10.1 Å². The van der Waals surface area contributed by atoms with Crippen LogP contribution in [0, 0.1) is 0 Å². The van der Waals surface area contributed by atoms with E-state index in [-0.39, 0.29) is 25.0 Å². The predicted octanol–water partition coefficient (Wildman–Crippen LogP) is 3.27. The zero-order valence-corrected chi connectivity index (χ0v) is 18.1. The molecule has 1 aliphatic rings. The van der Waals surface area contributed by atoms with E-state index in [9.17, 15) is 24.3 Å². The number of ketones is 1. The summed E-state index contributed by atoms with van der Waals surface area (Å²) < 4.78 is 4.95. The van der Waals surface area contributed by atoms with Gasteiger partial charge in [-0.25, -0.2) is 4.79 Å². The van der Waals surface area contributed by atoms with Crippen molar-refractivity contribution in [3.63, 3.8) is 0 Å². The fourth-order valence-corrected chi connectivity index (χ4v) is 3.84. The summed E-state index contributed by atoms with van der Waals surface area (Å²) in [6, 6.07) is 11.0. The van der Waals surface area contributed by atoms with Gasteiger partial charge in [-0.2, -0.15) is 0 Å². The number of amides is 1. The number of benzene rings is 2. The van der Waals surface area contributed by atoms with Crippen LogP contribution in [0.4, 0.5) is 0 Å². The Kier molecular flexibility index (Phi) is 7.76. The Labute approximate surface area is 186 Å². The number of carbonyl (C=O) groups excluding carboxylic acids is 3. The molecule has 2 aromatic carbocycles. The molecule has 0 saturated heterocycles. The van der Waals surface area contributed by atoms with E-state index >= 15 is 0 Å². The van der Waals surface area contributed by atoms with E-state index in [0.29, 0.717) is 16.9 Å². The van der Waals surface area contributed by atoms with Gasteiger partial charge in [0.1, 0.15) is 11.8 Å². The molecule has 0 fully saturated rings. The first kappa shape index (κ1) is 23.2. The van der Waals surface area contributed by atoms with Crippen molar-refractivity contribution >= 4 is 23.6 Å². The minimum Gasteiger partial charge on any atom is -0.480 e. The van der Waals surface area contributed by atoms with Gasteiger partial charge in [0.15, 0.2) is 5.78 Å². The van der Waals surface area contributed by atoms with Crippen LogP contribution in [0.15, 0.2) is 42.5 Å². The molecule has 32 heavy (non-hydrogen) atoms. The Bertz CT molecular complexity index is 1010. The van der Waals surface area contributed by atoms with Crippen LogP contribution >= 0.6 is 0 Å². The van der Waals surface area contributed by atoms with Crippen LogP contribution in [-0.4, -0.2) is 34.8 Å². The van der Waals surface area contributed by atoms with Crippen LogP contribution in [0.2, 0.25) is 0 Å². The summed E-state index contributed by atoms with van der Waals surface area (Å²) in [7, 11) is 0. The van der Waals surface area contributed by atoms with E-state index < -0.39 is 23.9 Å². The Morgan fingerprint density at radius 1 is 0.969 bits per heavy atom. The third-order valence-corrected chi connectivity index (χ3v) is 5.51. The number of hydrogen-bond acceptors (Lipinski definition) is 5. The van der Waals surface area contributed by atoms with Crippen molar-refractivity contribution in [3.05, 3.63) is 64.7 Å². The monoisotopic (exact) mass is 437 g/mol. The number of carboxylic acid groups (broad SMARTS) is 1. The topological polar surface area (TPSA) is 110 Å². The maximum Gasteiger partial charge on any atom is 0.326 e. The fraction of sp³-hybridized carbons (Fsp3) is 0.360. The average molecular weight is 437 g/mol. The van der Waals surface area contributed by atoms with Gasteiger partial charge in [0, 0.05) is 31.7 Å². The Morgan fingerprint density at radius 3 is 2.31 bits per heavy atom. The third kappa shape index (κ3) is 6.51. The van der Waals surface area contributed by atoms with Crippen molar-refractivity contribution in [2.24, 2.45) is 0 Å². The van der Waals surface area contributed by atoms with Gasteiger partial charge in [-0.15, -0.1) is 0 Å². The molecule has 0 aromatic heterocycles. The summed E-state index contributed by atoms with van der Waals surface area (Å²) in [5.41, 5.74) is 3.76. The lowest BCUT2D eigenvalue weighted by Crippen LogP contribution is -2.42. The number of aliphatic carboxylic acids is 1. The number of hydrogen-bond donors (Lipinski definition) is 2. The van der Waals surface area contributed by atoms with Gasteiger partial charge < -0.3 is 15.2 Å². The van der Waals surface area contributed by atoms with E-state index in [0.717, 1.165) is 19.3 Å². The smallest absolute Gasteiger partial charge is 0.326 e. The molecule has 0 saturated carbocycles.